The Labute approximate surface area is 286 Å². The molecule has 0 aromatic rings. The number of carbonyl (C=O) groups is 1. The van der Waals surface area contributed by atoms with Crippen LogP contribution in [-0.2, 0) is 14.3 Å². The molecule has 0 spiro atoms. The van der Waals surface area contributed by atoms with E-state index >= 15 is 0 Å². The van der Waals surface area contributed by atoms with Gasteiger partial charge in [-0.05, 0) is 26.2 Å². The maximum Gasteiger partial charge on any atom is 0.186 e. The highest BCUT2D eigenvalue weighted by Crippen LogP contribution is 2.22. The van der Waals surface area contributed by atoms with Crippen molar-refractivity contribution in [2.24, 2.45) is 0 Å². The Kier molecular flexibility index (Phi) is 28.5. The predicted octanol–water partition coefficient (Wildman–Crippen LogP) is 6.65. The number of rotatable bonds is 33. The first-order valence-electron chi connectivity index (χ1n) is 19.6. The maximum absolute atomic E-state index is 11.6. The van der Waals surface area contributed by atoms with Crippen molar-refractivity contribution >= 4 is 5.78 Å². The van der Waals surface area contributed by atoms with E-state index < -0.39 is 49.5 Å². The van der Waals surface area contributed by atoms with E-state index in [9.17, 15) is 35.4 Å². The molecule has 0 bridgehead atoms. The molecule has 0 aromatic carbocycles. The minimum atomic E-state index is -1.45. The van der Waals surface area contributed by atoms with Gasteiger partial charge in [-0.1, -0.05) is 141 Å². The van der Waals surface area contributed by atoms with Crippen molar-refractivity contribution in [2.45, 2.75) is 223 Å². The van der Waals surface area contributed by atoms with Gasteiger partial charge in [-0.25, -0.2) is 0 Å². The van der Waals surface area contributed by atoms with E-state index in [1.165, 1.54) is 122 Å². The third-order valence-corrected chi connectivity index (χ3v) is 9.60. The fourth-order valence-corrected chi connectivity index (χ4v) is 6.52. The zero-order valence-corrected chi connectivity index (χ0v) is 30.0. The molecule has 1 aliphatic heterocycles. The number of ketones is 1. The van der Waals surface area contributed by atoms with Crippen molar-refractivity contribution in [2.75, 3.05) is 13.2 Å². The van der Waals surface area contributed by atoms with Crippen LogP contribution in [-0.4, -0.2) is 92.5 Å². The second-order valence-corrected chi connectivity index (χ2v) is 14.3. The molecule has 280 valence electrons. The predicted molar refractivity (Wildman–Crippen MR) is 187 cm³/mol. The third kappa shape index (κ3) is 24.2. The zero-order valence-electron chi connectivity index (χ0n) is 30.0. The molecule has 0 saturated carbocycles. The topological polar surface area (TPSA) is 157 Å². The molecule has 47 heavy (non-hydrogen) atoms. The summed E-state index contributed by atoms with van der Waals surface area (Å²) in [6, 6.07) is 0. The van der Waals surface area contributed by atoms with Crippen molar-refractivity contribution in [1.82, 2.24) is 0 Å². The van der Waals surface area contributed by atoms with E-state index in [-0.39, 0.29) is 12.4 Å². The summed E-state index contributed by atoms with van der Waals surface area (Å²) in [6.45, 7) is 1.35. The van der Waals surface area contributed by atoms with E-state index in [2.05, 4.69) is 0 Å². The lowest BCUT2D eigenvalue weighted by Gasteiger charge is -2.39. The van der Waals surface area contributed by atoms with E-state index in [0.717, 1.165) is 25.7 Å². The number of aliphatic hydroxyl groups is 6. The van der Waals surface area contributed by atoms with Crippen LogP contribution in [0.4, 0.5) is 0 Å². The van der Waals surface area contributed by atoms with Gasteiger partial charge in [0.15, 0.2) is 6.29 Å². The van der Waals surface area contributed by atoms with E-state index in [1.807, 2.05) is 0 Å². The monoisotopic (exact) mass is 675 g/mol. The molecular weight excluding hydrogens is 600 g/mol. The van der Waals surface area contributed by atoms with E-state index in [1.54, 1.807) is 6.92 Å². The van der Waals surface area contributed by atoms with Gasteiger partial charge in [-0.3, -0.25) is 4.79 Å². The van der Waals surface area contributed by atoms with Crippen molar-refractivity contribution in [3.63, 3.8) is 0 Å². The van der Waals surface area contributed by atoms with Gasteiger partial charge in [0.25, 0.3) is 0 Å². The third-order valence-electron chi connectivity index (χ3n) is 9.60. The Hall–Kier alpha value is -0.650. The average molecular weight is 675 g/mol. The second-order valence-electron chi connectivity index (χ2n) is 14.3. The second kappa shape index (κ2) is 30.2. The van der Waals surface area contributed by atoms with Crippen LogP contribution in [0.5, 0.6) is 0 Å². The van der Waals surface area contributed by atoms with Crippen LogP contribution in [0.2, 0.25) is 0 Å². The SMILES string of the molecule is C[C@@H](O)CC(=O)CCCCCCCCCCCCCCCCCCCCCCCCC[C@@H](O)CCO[C@H]1OC(CO)[C@@H](O)C(O)[C@H]1O. The summed E-state index contributed by atoms with van der Waals surface area (Å²) in [5, 5.41) is 58.3. The lowest BCUT2D eigenvalue weighted by molar-refractivity contribution is -0.301. The van der Waals surface area contributed by atoms with Gasteiger partial charge in [-0.2, -0.15) is 0 Å². The zero-order chi connectivity index (χ0) is 34.5. The number of hydrogen-bond donors (Lipinski definition) is 6. The van der Waals surface area contributed by atoms with Gasteiger partial charge in [0.2, 0.25) is 0 Å². The molecule has 9 nitrogen and oxygen atoms in total. The molecule has 9 heteroatoms. The quantitative estimate of drug-likeness (QED) is 0.0420. The van der Waals surface area contributed by atoms with E-state index in [0.29, 0.717) is 25.7 Å². The van der Waals surface area contributed by atoms with Crippen molar-refractivity contribution in [3.05, 3.63) is 0 Å². The largest absolute Gasteiger partial charge is 0.394 e. The van der Waals surface area contributed by atoms with Gasteiger partial charge in [0, 0.05) is 12.8 Å². The molecule has 1 fully saturated rings. The molecule has 7 atom stereocenters. The molecule has 0 radical (unpaired) electrons. The molecular formula is C38H74O9. The number of hydrogen-bond acceptors (Lipinski definition) is 9. The van der Waals surface area contributed by atoms with Crippen molar-refractivity contribution in [3.8, 4) is 0 Å². The number of Topliss-reactive ketones (excluding diaryl/α,β-unsaturated/α-hetero) is 1. The Balaban J connectivity index is 1.75. The molecule has 0 amide bonds. The highest BCUT2D eigenvalue weighted by atomic mass is 16.7. The minimum absolute atomic E-state index is 0.159. The van der Waals surface area contributed by atoms with Crippen LogP contribution in [0.1, 0.15) is 180 Å². The van der Waals surface area contributed by atoms with Gasteiger partial charge in [-0.15, -0.1) is 0 Å². The summed E-state index contributed by atoms with van der Waals surface area (Å²) in [7, 11) is 0. The number of unbranched alkanes of at least 4 members (excludes halogenated alkanes) is 22. The summed E-state index contributed by atoms with van der Waals surface area (Å²) in [4.78, 5) is 11.6. The Bertz CT molecular complexity index is 705. The molecule has 0 aliphatic carbocycles. The minimum Gasteiger partial charge on any atom is -0.394 e. The van der Waals surface area contributed by atoms with Crippen molar-refractivity contribution < 1.29 is 44.9 Å². The molecule has 6 N–H and O–H groups in total. The first-order valence-corrected chi connectivity index (χ1v) is 19.6. The normalized spacial score (nSPS) is 22.8. The van der Waals surface area contributed by atoms with Crippen LogP contribution >= 0.6 is 0 Å². The molecule has 1 rings (SSSR count). The average Bonchev–Trinajstić information content (AvgIpc) is 3.04. The highest BCUT2D eigenvalue weighted by Gasteiger charge is 2.43. The van der Waals surface area contributed by atoms with Crippen LogP contribution in [0.25, 0.3) is 0 Å². The fourth-order valence-electron chi connectivity index (χ4n) is 6.52. The Morgan fingerprint density at radius 2 is 1.00 bits per heavy atom. The lowest BCUT2D eigenvalue weighted by Crippen LogP contribution is -2.59. The van der Waals surface area contributed by atoms with Gasteiger partial charge in [0.1, 0.15) is 30.2 Å². The summed E-state index contributed by atoms with van der Waals surface area (Å²) < 4.78 is 10.8. The molecule has 1 saturated heterocycles. The first-order chi connectivity index (χ1) is 22.8. The summed E-state index contributed by atoms with van der Waals surface area (Å²) in [5.74, 6) is 0.200. The van der Waals surface area contributed by atoms with Gasteiger partial charge in [0.05, 0.1) is 25.4 Å². The standard InChI is InChI=1S/C38H74O9/c1-31(40)29-33(42)26-24-22-20-18-16-14-12-10-8-6-4-2-3-5-7-9-11-13-15-17-19-21-23-25-32(41)27-28-46-38-37(45)36(44)35(43)34(30-39)47-38/h31-32,34-41,43-45H,2-30H2,1H3/t31-,32-,34?,35-,36?,37-,38+/m1/s1. The summed E-state index contributed by atoms with van der Waals surface area (Å²) >= 11 is 0. The highest BCUT2D eigenvalue weighted by molar-refractivity contribution is 5.78. The summed E-state index contributed by atoms with van der Waals surface area (Å²) in [5.41, 5.74) is 0. The van der Waals surface area contributed by atoms with Crippen LogP contribution < -0.4 is 0 Å². The Morgan fingerprint density at radius 3 is 1.40 bits per heavy atom. The fraction of sp³-hybridized carbons (Fsp3) is 0.974. The maximum atomic E-state index is 11.6. The smallest absolute Gasteiger partial charge is 0.186 e. The van der Waals surface area contributed by atoms with Gasteiger partial charge < -0.3 is 40.1 Å². The summed E-state index contributed by atoms with van der Waals surface area (Å²) in [6.07, 6.45) is 24.3. The number of aliphatic hydroxyl groups excluding tert-OH is 6. The molecule has 1 heterocycles. The van der Waals surface area contributed by atoms with Gasteiger partial charge >= 0.3 is 0 Å². The van der Waals surface area contributed by atoms with Crippen LogP contribution in [0, 0.1) is 0 Å². The lowest BCUT2D eigenvalue weighted by atomic mass is 9.99. The molecule has 0 aromatic heterocycles. The molecule has 2 unspecified atom stereocenters. The van der Waals surface area contributed by atoms with Crippen molar-refractivity contribution in [1.29, 1.82) is 0 Å². The molecule has 1 aliphatic rings. The first kappa shape index (κ1) is 44.4. The number of ether oxygens (including phenoxy) is 2. The Morgan fingerprint density at radius 1 is 0.596 bits per heavy atom. The van der Waals surface area contributed by atoms with E-state index in [4.69, 9.17) is 9.47 Å². The number of carbonyl (C=O) groups excluding carboxylic acids is 1. The van der Waals surface area contributed by atoms with Crippen LogP contribution in [0.15, 0.2) is 0 Å². The van der Waals surface area contributed by atoms with Crippen LogP contribution in [0.3, 0.4) is 0 Å².